The van der Waals surface area contributed by atoms with Crippen LogP contribution in [0.2, 0.25) is 0 Å². The van der Waals surface area contributed by atoms with E-state index in [0.717, 1.165) is 19.3 Å². The van der Waals surface area contributed by atoms with Gasteiger partial charge in [0.05, 0.1) is 47.6 Å². The fourth-order valence-corrected chi connectivity index (χ4v) is 10.9. The molecular formula is C49H94N2O12. The molecule has 372 valence electrons. The standard InChI is InChI=1S/C49H94N2O12/c1-15-17-18-19-20-21-22-23-24-25-26-50-39-30(3)28-47(9,56)44(63-46-40(52)36(51(12)13)27-31(4)59-46)33(6)41(62-38-29-48(10,58-14)43(54)35(8)60-38)34(7)45(55)61-37(16-2)49(11,57)42(53)32(39)5/h30-44,46,50,52-54,56-57H,15-29H2,1-14H3/t30-,31-,32+,33+,34-,35+,36+,37-,38+,39?,40-,41+,42-,43+,44?,46+,47-,48-,49-/m1/s1. The molecule has 0 aromatic rings. The lowest BCUT2D eigenvalue weighted by atomic mass is 9.72. The van der Waals surface area contributed by atoms with Gasteiger partial charge < -0.3 is 64.2 Å². The highest BCUT2D eigenvalue weighted by molar-refractivity contribution is 5.73. The van der Waals surface area contributed by atoms with Crippen LogP contribution in [0.5, 0.6) is 0 Å². The molecule has 0 saturated carbocycles. The minimum Gasteiger partial charge on any atom is -0.459 e. The average Bonchev–Trinajstić information content (AvgIpc) is 3.22. The molecule has 0 amide bonds. The Morgan fingerprint density at radius 3 is 1.94 bits per heavy atom. The molecule has 3 fully saturated rings. The normalized spacial score (nSPS) is 43.7. The van der Waals surface area contributed by atoms with Gasteiger partial charge in [-0.15, -0.1) is 0 Å². The fourth-order valence-electron chi connectivity index (χ4n) is 10.9. The van der Waals surface area contributed by atoms with E-state index in [1.54, 1.807) is 27.7 Å². The van der Waals surface area contributed by atoms with Crippen molar-refractivity contribution in [2.75, 3.05) is 27.7 Å². The van der Waals surface area contributed by atoms with Gasteiger partial charge in [-0.3, -0.25) is 4.79 Å². The molecule has 0 bridgehead atoms. The number of carbonyl (C=O) groups excluding carboxylic acids is 1. The van der Waals surface area contributed by atoms with Crippen LogP contribution in [0.3, 0.4) is 0 Å². The molecule has 0 aromatic heterocycles. The maximum atomic E-state index is 14.5. The minimum atomic E-state index is -1.83. The molecule has 3 rings (SSSR count). The van der Waals surface area contributed by atoms with Crippen LogP contribution >= 0.6 is 0 Å². The zero-order valence-corrected chi connectivity index (χ0v) is 41.9. The van der Waals surface area contributed by atoms with Gasteiger partial charge in [0.1, 0.15) is 23.9 Å². The third kappa shape index (κ3) is 15.0. The van der Waals surface area contributed by atoms with Crippen LogP contribution < -0.4 is 5.32 Å². The third-order valence-corrected chi connectivity index (χ3v) is 15.0. The van der Waals surface area contributed by atoms with E-state index in [-0.39, 0.29) is 43.4 Å². The van der Waals surface area contributed by atoms with Crippen LogP contribution in [0.4, 0.5) is 0 Å². The monoisotopic (exact) mass is 903 g/mol. The molecule has 3 aliphatic rings. The van der Waals surface area contributed by atoms with E-state index in [9.17, 15) is 30.3 Å². The zero-order valence-electron chi connectivity index (χ0n) is 41.9. The molecule has 14 nitrogen and oxygen atoms in total. The second kappa shape index (κ2) is 25.4. The van der Waals surface area contributed by atoms with Crippen molar-refractivity contribution in [3.05, 3.63) is 0 Å². The van der Waals surface area contributed by atoms with Gasteiger partial charge in [-0.1, -0.05) is 92.4 Å². The number of hydrogen-bond donors (Lipinski definition) is 6. The number of rotatable bonds is 19. The fraction of sp³-hybridized carbons (Fsp3) is 0.980. The molecule has 6 N–H and O–H groups in total. The molecule has 3 heterocycles. The predicted octanol–water partition coefficient (Wildman–Crippen LogP) is 6.10. The van der Waals surface area contributed by atoms with Gasteiger partial charge >= 0.3 is 5.97 Å². The SMILES string of the molecule is CCCCCCCCCCCCNC1[C@H](C)C[C@@](C)(O)C(O[C@@H]2O[C@H](C)C[C@H](N(C)C)[C@H]2O)[C@@H](C)[C@H](O[C@H]2C[C@@](C)(OC)[C@@H](O)[C@H](C)O2)[C@@H](C)C(=O)O[C@H](CC)[C@@](C)(O)[C@H](O)[C@H]1C. The quantitative estimate of drug-likeness (QED) is 0.0645. The Labute approximate surface area is 381 Å². The Bertz CT molecular complexity index is 1320. The Morgan fingerprint density at radius 1 is 0.794 bits per heavy atom. The topological polar surface area (TPSA) is 189 Å². The molecular weight excluding hydrogens is 809 g/mol. The van der Waals surface area contributed by atoms with Crippen molar-refractivity contribution in [1.82, 2.24) is 10.2 Å². The summed E-state index contributed by atoms with van der Waals surface area (Å²) in [6.07, 6.45) is 3.69. The summed E-state index contributed by atoms with van der Waals surface area (Å²) < 4.78 is 38.2. The second-order valence-electron chi connectivity index (χ2n) is 20.9. The van der Waals surface area contributed by atoms with E-state index >= 15 is 0 Å². The lowest BCUT2D eigenvalue weighted by molar-refractivity contribution is -0.318. The lowest BCUT2D eigenvalue weighted by Gasteiger charge is -2.49. The first-order chi connectivity index (χ1) is 29.5. The smallest absolute Gasteiger partial charge is 0.311 e. The first kappa shape index (κ1) is 56.3. The zero-order chi connectivity index (χ0) is 47.4. The first-order valence-corrected chi connectivity index (χ1v) is 24.7. The molecule has 63 heavy (non-hydrogen) atoms. The number of aliphatic hydroxyl groups excluding tert-OH is 3. The highest BCUT2D eigenvalue weighted by atomic mass is 16.7. The Balaban J connectivity index is 2.07. The van der Waals surface area contributed by atoms with Gasteiger partial charge in [0, 0.05) is 37.5 Å². The van der Waals surface area contributed by atoms with Crippen LogP contribution in [0.1, 0.15) is 166 Å². The average molecular weight is 903 g/mol. The number of cyclic esters (lactones) is 1. The van der Waals surface area contributed by atoms with E-state index in [2.05, 4.69) is 12.2 Å². The maximum absolute atomic E-state index is 14.5. The van der Waals surface area contributed by atoms with Crippen LogP contribution in [0.25, 0.3) is 0 Å². The van der Waals surface area contributed by atoms with E-state index in [1.807, 2.05) is 53.6 Å². The van der Waals surface area contributed by atoms with Crippen molar-refractivity contribution in [3.63, 3.8) is 0 Å². The molecule has 2 unspecified atom stereocenters. The summed E-state index contributed by atoms with van der Waals surface area (Å²) in [6.45, 7) is 20.9. The highest BCUT2D eigenvalue weighted by Crippen LogP contribution is 2.41. The number of likely N-dealkylation sites (N-methyl/N-ethyl adjacent to an activating group) is 1. The number of hydrogen-bond acceptors (Lipinski definition) is 14. The highest BCUT2D eigenvalue weighted by Gasteiger charge is 2.53. The van der Waals surface area contributed by atoms with Crippen molar-refractivity contribution < 1.29 is 58.7 Å². The summed E-state index contributed by atoms with van der Waals surface area (Å²) in [7, 11) is 5.32. The van der Waals surface area contributed by atoms with Gasteiger partial charge in [-0.25, -0.2) is 0 Å². The molecule has 19 atom stereocenters. The first-order valence-electron chi connectivity index (χ1n) is 24.7. The second-order valence-corrected chi connectivity index (χ2v) is 20.9. The van der Waals surface area contributed by atoms with Gasteiger partial charge in [0.25, 0.3) is 0 Å². The number of unbranched alkanes of at least 4 members (excludes halogenated alkanes) is 9. The van der Waals surface area contributed by atoms with E-state index in [4.69, 9.17) is 28.4 Å². The molecule has 14 heteroatoms. The summed E-state index contributed by atoms with van der Waals surface area (Å²) in [6, 6.07) is -0.660. The summed E-state index contributed by atoms with van der Waals surface area (Å²) in [5, 5.41) is 63.7. The molecule has 0 spiro atoms. The number of ether oxygens (including phenoxy) is 6. The molecule has 0 aliphatic carbocycles. The summed E-state index contributed by atoms with van der Waals surface area (Å²) in [4.78, 5) is 16.4. The third-order valence-electron chi connectivity index (χ3n) is 15.0. The Morgan fingerprint density at radius 2 is 1.38 bits per heavy atom. The molecule has 0 radical (unpaired) electrons. The van der Waals surface area contributed by atoms with Crippen LogP contribution in [0.15, 0.2) is 0 Å². The maximum Gasteiger partial charge on any atom is 0.311 e. The predicted molar refractivity (Wildman–Crippen MR) is 245 cm³/mol. The van der Waals surface area contributed by atoms with Crippen LogP contribution in [-0.4, -0.2) is 154 Å². The number of aliphatic hydroxyl groups is 5. The number of carbonyl (C=O) groups is 1. The van der Waals surface area contributed by atoms with Gasteiger partial charge in [0.2, 0.25) is 0 Å². The number of nitrogens with zero attached hydrogens (tertiary/aromatic N) is 1. The summed E-state index contributed by atoms with van der Waals surface area (Å²) >= 11 is 0. The van der Waals surface area contributed by atoms with Gasteiger partial charge in [0.15, 0.2) is 12.6 Å². The van der Waals surface area contributed by atoms with Gasteiger partial charge in [-0.2, -0.15) is 0 Å². The molecule has 0 aromatic carbocycles. The Hall–Kier alpha value is -1.01. The number of methoxy groups -OCH3 is 1. The number of nitrogens with one attached hydrogen (secondary N) is 1. The summed E-state index contributed by atoms with van der Waals surface area (Å²) in [5.41, 5.74) is -4.48. The lowest BCUT2D eigenvalue weighted by Crippen LogP contribution is -2.62. The van der Waals surface area contributed by atoms with Crippen molar-refractivity contribution in [1.29, 1.82) is 0 Å². The minimum absolute atomic E-state index is 0.133. The van der Waals surface area contributed by atoms with E-state index in [0.29, 0.717) is 13.0 Å². The Kier molecular flexibility index (Phi) is 22.7. The van der Waals surface area contributed by atoms with Crippen molar-refractivity contribution in [2.24, 2.45) is 23.7 Å². The molecule has 3 aliphatic heterocycles. The van der Waals surface area contributed by atoms with E-state index < -0.39 is 95.8 Å². The van der Waals surface area contributed by atoms with Crippen molar-refractivity contribution >= 4 is 5.97 Å². The summed E-state index contributed by atoms with van der Waals surface area (Å²) in [5.74, 6) is -3.25. The number of esters is 1. The van der Waals surface area contributed by atoms with E-state index in [1.165, 1.54) is 59.0 Å². The van der Waals surface area contributed by atoms with Crippen molar-refractivity contribution in [2.45, 2.75) is 256 Å². The van der Waals surface area contributed by atoms with Gasteiger partial charge in [-0.05, 0) is 93.8 Å². The van der Waals surface area contributed by atoms with Crippen molar-refractivity contribution in [3.8, 4) is 0 Å². The van der Waals surface area contributed by atoms with Crippen LogP contribution in [0, 0.1) is 23.7 Å². The van der Waals surface area contributed by atoms with Crippen LogP contribution in [-0.2, 0) is 33.2 Å². The largest absolute Gasteiger partial charge is 0.459 e. The molecule has 3 saturated heterocycles.